The highest BCUT2D eigenvalue weighted by molar-refractivity contribution is 9.10. The maximum absolute atomic E-state index is 13.8. The number of anilines is 2. The van der Waals surface area contributed by atoms with E-state index in [0.717, 1.165) is 10.2 Å². The van der Waals surface area contributed by atoms with Crippen LogP contribution in [-0.2, 0) is 0 Å². The van der Waals surface area contributed by atoms with Crippen molar-refractivity contribution in [3.63, 3.8) is 0 Å². The second kappa shape index (κ2) is 7.00. The lowest BCUT2D eigenvalue weighted by molar-refractivity contribution is 0.208. The van der Waals surface area contributed by atoms with Gasteiger partial charge in [0, 0.05) is 36.3 Å². The maximum atomic E-state index is 13.8. The molecule has 0 bridgehead atoms. The number of urea groups is 1. The zero-order valence-electron chi connectivity index (χ0n) is 12.5. The van der Waals surface area contributed by atoms with Gasteiger partial charge in [0.2, 0.25) is 0 Å². The van der Waals surface area contributed by atoms with Gasteiger partial charge in [-0.15, -0.1) is 0 Å². The molecule has 1 fully saturated rings. The number of carbonyl (C=O) groups is 1. The van der Waals surface area contributed by atoms with Gasteiger partial charge in [0.15, 0.2) is 0 Å². The minimum Gasteiger partial charge on any atom is -0.366 e. The Morgan fingerprint density at radius 3 is 2.30 bits per heavy atom. The van der Waals surface area contributed by atoms with E-state index in [1.807, 2.05) is 35.2 Å². The monoisotopic (exact) mass is 377 g/mol. The number of hydrogen-bond acceptors (Lipinski definition) is 2. The van der Waals surface area contributed by atoms with Crippen LogP contribution in [0.25, 0.3) is 0 Å². The second-order valence-corrected chi connectivity index (χ2v) is 6.28. The SMILES string of the molecule is O=C(Nc1ccc(Br)cc1)N1CCN(c2ccccc2F)CC1. The third-order valence-electron chi connectivity index (χ3n) is 3.86. The zero-order valence-corrected chi connectivity index (χ0v) is 14.1. The second-order valence-electron chi connectivity index (χ2n) is 5.36. The van der Waals surface area contributed by atoms with Crippen molar-refractivity contribution in [2.75, 3.05) is 36.4 Å². The lowest BCUT2D eigenvalue weighted by Crippen LogP contribution is -2.50. The number of hydrogen-bond donors (Lipinski definition) is 1. The number of halogens is 2. The van der Waals surface area contributed by atoms with Crippen molar-refractivity contribution in [1.82, 2.24) is 4.90 Å². The standard InChI is InChI=1S/C17H17BrFN3O/c18-13-5-7-14(8-6-13)20-17(23)22-11-9-21(10-12-22)16-4-2-1-3-15(16)19/h1-8H,9-12H2,(H,20,23). The summed E-state index contributed by atoms with van der Waals surface area (Å²) in [6, 6.07) is 14.1. The minimum atomic E-state index is -0.222. The molecule has 1 aliphatic heterocycles. The third kappa shape index (κ3) is 3.82. The van der Waals surface area contributed by atoms with Gasteiger partial charge in [-0.25, -0.2) is 9.18 Å². The number of carbonyl (C=O) groups excluding carboxylic acids is 1. The lowest BCUT2D eigenvalue weighted by atomic mass is 10.2. The van der Waals surface area contributed by atoms with Crippen molar-refractivity contribution in [1.29, 1.82) is 0 Å². The van der Waals surface area contributed by atoms with Crippen molar-refractivity contribution >= 4 is 33.3 Å². The summed E-state index contributed by atoms with van der Waals surface area (Å²) in [5.74, 6) is -0.222. The van der Waals surface area contributed by atoms with Crippen molar-refractivity contribution < 1.29 is 9.18 Å². The van der Waals surface area contributed by atoms with Gasteiger partial charge < -0.3 is 15.1 Å². The average Bonchev–Trinajstić information content (AvgIpc) is 2.57. The number of nitrogens with one attached hydrogen (secondary N) is 1. The molecule has 3 rings (SSSR count). The first-order valence-corrected chi connectivity index (χ1v) is 8.24. The Morgan fingerprint density at radius 2 is 1.65 bits per heavy atom. The summed E-state index contributed by atoms with van der Waals surface area (Å²) < 4.78 is 14.8. The highest BCUT2D eigenvalue weighted by Crippen LogP contribution is 2.20. The predicted octanol–water partition coefficient (Wildman–Crippen LogP) is 3.94. The number of benzene rings is 2. The zero-order chi connectivity index (χ0) is 16.2. The maximum Gasteiger partial charge on any atom is 0.321 e. The summed E-state index contributed by atoms with van der Waals surface area (Å²) in [5.41, 5.74) is 1.36. The molecule has 4 nitrogen and oxygen atoms in total. The molecule has 2 aromatic rings. The van der Waals surface area contributed by atoms with Gasteiger partial charge >= 0.3 is 6.03 Å². The molecule has 0 aliphatic carbocycles. The topological polar surface area (TPSA) is 35.6 Å². The van der Waals surface area contributed by atoms with Gasteiger partial charge in [-0.1, -0.05) is 28.1 Å². The molecule has 0 atom stereocenters. The van der Waals surface area contributed by atoms with Crippen LogP contribution in [0.1, 0.15) is 0 Å². The molecular weight excluding hydrogens is 361 g/mol. The van der Waals surface area contributed by atoms with E-state index in [4.69, 9.17) is 0 Å². The van der Waals surface area contributed by atoms with Crippen LogP contribution >= 0.6 is 15.9 Å². The molecule has 1 heterocycles. The Bertz CT molecular complexity index is 684. The summed E-state index contributed by atoms with van der Waals surface area (Å²) in [7, 11) is 0. The lowest BCUT2D eigenvalue weighted by Gasteiger charge is -2.36. The first kappa shape index (κ1) is 15.8. The first-order chi connectivity index (χ1) is 11.1. The molecule has 2 aromatic carbocycles. The fourth-order valence-electron chi connectivity index (χ4n) is 2.59. The van der Waals surface area contributed by atoms with E-state index in [1.54, 1.807) is 17.0 Å². The summed E-state index contributed by atoms with van der Waals surface area (Å²) in [6.45, 7) is 2.37. The smallest absolute Gasteiger partial charge is 0.321 e. The Kier molecular flexibility index (Phi) is 4.81. The molecular formula is C17H17BrFN3O. The van der Waals surface area contributed by atoms with Gasteiger partial charge in [-0.05, 0) is 36.4 Å². The summed E-state index contributed by atoms with van der Waals surface area (Å²) in [6.07, 6.45) is 0. The molecule has 1 N–H and O–H groups in total. The van der Waals surface area contributed by atoms with E-state index in [-0.39, 0.29) is 11.8 Å². The number of amides is 2. The molecule has 0 spiro atoms. The molecule has 1 aliphatic rings. The van der Waals surface area contributed by atoms with Gasteiger partial charge in [-0.3, -0.25) is 0 Å². The minimum absolute atomic E-state index is 0.125. The fraction of sp³-hybridized carbons (Fsp3) is 0.235. The van der Waals surface area contributed by atoms with Crippen LogP contribution in [-0.4, -0.2) is 37.1 Å². The van der Waals surface area contributed by atoms with Crippen LogP contribution < -0.4 is 10.2 Å². The molecule has 23 heavy (non-hydrogen) atoms. The Labute approximate surface area is 143 Å². The predicted molar refractivity (Wildman–Crippen MR) is 93.3 cm³/mol. The number of rotatable bonds is 2. The molecule has 0 aromatic heterocycles. The molecule has 2 amide bonds. The fourth-order valence-corrected chi connectivity index (χ4v) is 2.86. The van der Waals surface area contributed by atoms with Gasteiger partial charge in [0.05, 0.1) is 5.69 Å². The van der Waals surface area contributed by atoms with E-state index in [9.17, 15) is 9.18 Å². The number of piperazine rings is 1. The van der Waals surface area contributed by atoms with Crippen molar-refractivity contribution in [2.24, 2.45) is 0 Å². The van der Waals surface area contributed by atoms with Gasteiger partial charge in [0.25, 0.3) is 0 Å². The van der Waals surface area contributed by atoms with Crippen molar-refractivity contribution in [2.45, 2.75) is 0 Å². The van der Waals surface area contributed by atoms with E-state index >= 15 is 0 Å². The molecule has 0 radical (unpaired) electrons. The Morgan fingerprint density at radius 1 is 1.00 bits per heavy atom. The van der Waals surface area contributed by atoms with Crippen molar-refractivity contribution in [3.8, 4) is 0 Å². The van der Waals surface area contributed by atoms with Crippen LogP contribution in [0.2, 0.25) is 0 Å². The average molecular weight is 378 g/mol. The molecule has 0 unspecified atom stereocenters. The number of para-hydroxylation sites is 1. The van der Waals surface area contributed by atoms with Crippen LogP contribution in [0, 0.1) is 5.82 Å². The first-order valence-electron chi connectivity index (χ1n) is 7.44. The molecule has 6 heteroatoms. The quantitative estimate of drug-likeness (QED) is 0.859. The van der Waals surface area contributed by atoms with Crippen molar-refractivity contribution in [3.05, 3.63) is 58.8 Å². The third-order valence-corrected chi connectivity index (χ3v) is 4.38. The van der Waals surface area contributed by atoms with E-state index in [1.165, 1.54) is 6.07 Å². The molecule has 1 saturated heterocycles. The van der Waals surface area contributed by atoms with E-state index < -0.39 is 0 Å². The largest absolute Gasteiger partial charge is 0.366 e. The number of nitrogens with zero attached hydrogens (tertiary/aromatic N) is 2. The highest BCUT2D eigenvalue weighted by atomic mass is 79.9. The summed E-state index contributed by atoms with van der Waals surface area (Å²) in [5, 5.41) is 2.88. The summed E-state index contributed by atoms with van der Waals surface area (Å²) in [4.78, 5) is 16.0. The van der Waals surface area contributed by atoms with Gasteiger partial charge in [0.1, 0.15) is 5.82 Å². The highest BCUT2D eigenvalue weighted by Gasteiger charge is 2.22. The Balaban J connectivity index is 1.57. The van der Waals surface area contributed by atoms with E-state index in [2.05, 4.69) is 21.2 Å². The molecule has 0 saturated carbocycles. The van der Waals surface area contributed by atoms with E-state index in [0.29, 0.717) is 31.9 Å². The molecule has 120 valence electrons. The van der Waals surface area contributed by atoms with Crippen LogP contribution in [0.3, 0.4) is 0 Å². The summed E-state index contributed by atoms with van der Waals surface area (Å²) >= 11 is 3.36. The Hall–Kier alpha value is -2.08. The normalized spacial score (nSPS) is 14.7. The van der Waals surface area contributed by atoms with Crippen LogP contribution in [0.5, 0.6) is 0 Å². The van der Waals surface area contributed by atoms with Gasteiger partial charge in [-0.2, -0.15) is 0 Å². The van der Waals surface area contributed by atoms with Crippen LogP contribution in [0.15, 0.2) is 53.0 Å². The van der Waals surface area contributed by atoms with Crippen LogP contribution in [0.4, 0.5) is 20.6 Å².